The largest absolute Gasteiger partial charge is 0.493 e. The quantitative estimate of drug-likeness (QED) is 0.0619. The van der Waals surface area contributed by atoms with Crippen molar-refractivity contribution in [2.75, 3.05) is 95.5 Å². The molecule has 0 fully saturated rings. The molecule has 0 radical (unpaired) electrons. The Hall–Kier alpha value is -4.74. The van der Waals surface area contributed by atoms with E-state index >= 15 is 0 Å². The molecule has 4 aromatic carbocycles. The van der Waals surface area contributed by atoms with Crippen LogP contribution in [-0.2, 0) is 18.9 Å². The van der Waals surface area contributed by atoms with Gasteiger partial charge in [-0.3, -0.25) is 0 Å². The van der Waals surface area contributed by atoms with Gasteiger partial charge < -0.3 is 47.4 Å². The fourth-order valence-electron chi connectivity index (χ4n) is 5.19. The van der Waals surface area contributed by atoms with E-state index in [4.69, 9.17) is 47.4 Å². The van der Waals surface area contributed by atoms with E-state index in [-0.39, 0.29) is 0 Å². The van der Waals surface area contributed by atoms with E-state index in [1.54, 1.807) is 42.7 Å². The van der Waals surface area contributed by atoms with Gasteiger partial charge in [-0.2, -0.15) is 0 Å². The number of ether oxygens (including phenoxy) is 10. The van der Waals surface area contributed by atoms with Crippen LogP contribution in [0, 0.1) is 0 Å². The molecular formula is C40H48O10. The lowest BCUT2D eigenvalue weighted by molar-refractivity contribution is 0.0535. The van der Waals surface area contributed by atoms with Crippen molar-refractivity contribution >= 4 is 35.1 Å². The molecule has 0 amide bonds. The highest BCUT2D eigenvalue weighted by Gasteiger charge is 2.15. The van der Waals surface area contributed by atoms with Crippen molar-refractivity contribution in [2.24, 2.45) is 0 Å². The minimum Gasteiger partial charge on any atom is -0.493 e. The van der Waals surface area contributed by atoms with Gasteiger partial charge in [-0.1, -0.05) is 60.7 Å². The Bertz CT molecular complexity index is 1520. The lowest BCUT2D eigenvalue weighted by atomic mass is 9.98. The molecular weight excluding hydrogens is 640 g/mol. The van der Waals surface area contributed by atoms with Gasteiger partial charge in [0.1, 0.15) is 13.2 Å². The summed E-state index contributed by atoms with van der Waals surface area (Å²) in [5, 5.41) is 2.23. The zero-order valence-electron chi connectivity index (χ0n) is 29.8. The van der Waals surface area contributed by atoms with Crippen LogP contribution >= 0.6 is 0 Å². The predicted octanol–water partition coefficient (Wildman–Crippen LogP) is 7.30. The van der Waals surface area contributed by atoms with E-state index in [0.29, 0.717) is 87.4 Å². The Morgan fingerprint density at radius 1 is 0.420 bits per heavy atom. The van der Waals surface area contributed by atoms with E-state index in [1.807, 2.05) is 36.4 Å². The summed E-state index contributed by atoms with van der Waals surface area (Å²) in [6.07, 6.45) is 8.25. The maximum Gasteiger partial charge on any atom is 0.203 e. The summed E-state index contributed by atoms with van der Waals surface area (Å²) in [6.45, 7) is 3.63. The molecule has 4 rings (SSSR count). The highest BCUT2D eigenvalue weighted by molar-refractivity contribution is 5.99. The molecule has 0 unspecified atom stereocenters. The number of hydrogen-bond acceptors (Lipinski definition) is 10. The molecule has 10 heteroatoms. The number of fused-ring (bicyclic) bond motifs is 1. The minimum atomic E-state index is 0.352. The van der Waals surface area contributed by atoms with E-state index in [2.05, 4.69) is 48.6 Å². The SMILES string of the molecule is COCCOCCOc1c(OC)cc(C=Cc2cccc3c(C=Cc4cc(OC)c(OCCOCCOC)c(OC)c4)cccc23)cc1OC. The van der Waals surface area contributed by atoms with Gasteiger partial charge in [0.25, 0.3) is 0 Å². The van der Waals surface area contributed by atoms with Crippen molar-refractivity contribution in [3.63, 3.8) is 0 Å². The second-order valence-corrected chi connectivity index (χ2v) is 10.9. The van der Waals surface area contributed by atoms with Crippen molar-refractivity contribution in [1.29, 1.82) is 0 Å². The van der Waals surface area contributed by atoms with Crippen LogP contribution < -0.4 is 28.4 Å². The molecule has 4 aromatic rings. The molecule has 268 valence electrons. The van der Waals surface area contributed by atoms with Gasteiger partial charge in [0, 0.05) is 14.2 Å². The van der Waals surface area contributed by atoms with E-state index in [0.717, 1.165) is 33.0 Å². The summed E-state index contributed by atoms with van der Waals surface area (Å²) in [5.41, 5.74) is 3.95. The molecule has 0 saturated carbocycles. The molecule has 0 aliphatic heterocycles. The Balaban J connectivity index is 1.53. The third-order valence-electron chi connectivity index (χ3n) is 7.68. The van der Waals surface area contributed by atoms with Crippen molar-refractivity contribution in [1.82, 2.24) is 0 Å². The Morgan fingerprint density at radius 2 is 0.780 bits per heavy atom. The molecule has 0 atom stereocenters. The summed E-state index contributed by atoms with van der Waals surface area (Å²) < 4.78 is 55.6. The number of methoxy groups -OCH3 is 6. The van der Waals surface area contributed by atoms with Crippen LogP contribution in [0.1, 0.15) is 22.3 Å². The smallest absolute Gasteiger partial charge is 0.203 e. The minimum absolute atomic E-state index is 0.352. The van der Waals surface area contributed by atoms with Crippen LogP contribution in [0.15, 0.2) is 60.7 Å². The summed E-state index contributed by atoms with van der Waals surface area (Å²) in [4.78, 5) is 0. The van der Waals surface area contributed by atoms with Gasteiger partial charge in [-0.25, -0.2) is 0 Å². The first kappa shape index (κ1) is 38.1. The summed E-state index contributed by atoms with van der Waals surface area (Å²) in [7, 11) is 9.73. The highest BCUT2D eigenvalue weighted by atomic mass is 16.6. The van der Waals surface area contributed by atoms with Crippen molar-refractivity contribution < 1.29 is 47.4 Å². The van der Waals surface area contributed by atoms with Crippen LogP contribution in [0.25, 0.3) is 35.1 Å². The Kier molecular flexibility index (Phi) is 15.8. The van der Waals surface area contributed by atoms with Crippen LogP contribution in [0.3, 0.4) is 0 Å². The number of rotatable bonds is 22. The number of benzene rings is 4. The second kappa shape index (κ2) is 20.7. The standard InChI is InChI=1S/C40H48O10/c1-41-17-19-47-21-23-49-39-35(43-3)25-29(26-36(39)44-4)13-15-31-9-7-12-34-32(10-8-11-33(31)34)16-14-30-27-37(45-5)40(38(28-30)46-6)50-24-22-48-20-18-42-2/h7-16,25-28H,17-24H2,1-6H3. The molecule has 50 heavy (non-hydrogen) atoms. The number of hydrogen-bond donors (Lipinski definition) is 0. The normalized spacial score (nSPS) is 11.4. The summed E-state index contributed by atoms with van der Waals surface area (Å²) in [5.74, 6) is 3.36. The Labute approximate surface area is 295 Å². The molecule has 0 heterocycles. The van der Waals surface area contributed by atoms with Gasteiger partial charge >= 0.3 is 0 Å². The van der Waals surface area contributed by atoms with Gasteiger partial charge in [0.05, 0.1) is 68.1 Å². The summed E-state index contributed by atoms with van der Waals surface area (Å²) >= 11 is 0. The van der Waals surface area contributed by atoms with Gasteiger partial charge in [-0.15, -0.1) is 0 Å². The monoisotopic (exact) mass is 688 g/mol. The zero-order chi connectivity index (χ0) is 35.6. The van der Waals surface area contributed by atoms with Gasteiger partial charge in [0.15, 0.2) is 23.0 Å². The molecule has 0 N–H and O–H groups in total. The van der Waals surface area contributed by atoms with Crippen LogP contribution in [0.5, 0.6) is 34.5 Å². The van der Waals surface area contributed by atoms with E-state index < -0.39 is 0 Å². The molecule has 0 spiro atoms. The van der Waals surface area contributed by atoms with Gasteiger partial charge in [0.2, 0.25) is 11.5 Å². The maximum atomic E-state index is 5.96. The molecule has 0 saturated heterocycles. The van der Waals surface area contributed by atoms with E-state index in [1.165, 1.54) is 0 Å². The fourth-order valence-corrected chi connectivity index (χ4v) is 5.19. The maximum absolute atomic E-state index is 5.96. The lowest BCUT2D eigenvalue weighted by Gasteiger charge is -2.15. The average molecular weight is 689 g/mol. The molecule has 0 aliphatic carbocycles. The van der Waals surface area contributed by atoms with Crippen molar-refractivity contribution in [3.05, 3.63) is 82.9 Å². The molecule has 0 aliphatic rings. The molecule has 10 nitrogen and oxygen atoms in total. The topological polar surface area (TPSA) is 92.3 Å². The first-order chi connectivity index (χ1) is 24.6. The average Bonchev–Trinajstić information content (AvgIpc) is 3.15. The van der Waals surface area contributed by atoms with Crippen molar-refractivity contribution in [3.8, 4) is 34.5 Å². The highest BCUT2D eigenvalue weighted by Crippen LogP contribution is 2.40. The van der Waals surface area contributed by atoms with Crippen LogP contribution in [0.4, 0.5) is 0 Å². The summed E-state index contributed by atoms with van der Waals surface area (Å²) in [6, 6.07) is 20.3. The van der Waals surface area contributed by atoms with Crippen LogP contribution in [0.2, 0.25) is 0 Å². The first-order valence-corrected chi connectivity index (χ1v) is 16.4. The molecule has 0 bridgehead atoms. The predicted molar refractivity (Wildman–Crippen MR) is 197 cm³/mol. The third kappa shape index (κ3) is 10.6. The lowest BCUT2D eigenvalue weighted by Crippen LogP contribution is -2.11. The van der Waals surface area contributed by atoms with E-state index in [9.17, 15) is 0 Å². The van der Waals surface area contributed by atoms with Crippen LogP contribution in [-0.4, -0.2) is 95.5 Å². The third-order valence-corrected chi connectivity index (χ3v) is 7.68. The first-order valence-electron chi connectivity index (χ1n) is 16.4. The zero-order valence-corrected chi connectivity index (χ0v) is 29.8. The Morgan fingerprint density at radius 3 is 1.12 bits per heavy atom. The van der Waals surface area contributed by atoms with Crippen molar-refractivity contribution in [2.45, 2.75) is 0 Å². The second-order valence-electron chi connectivity index (χ2n) is 10.9. The molecule has 0 aromatic heterocycles. The fraction of sp³-hybridized carbons (Fsp3) is 0.350. The van der Waals surface area contributed by atoms with Gasteiger partial charge in [-0.05, 0) is 57.3 Å².